The van der Waals surface area contributed by atoms with Crippen molar-refractivity contribution in [3.05, 3.63) is 16.1 Å². The number of carboxylic acid groups (broad SMARTS) is 1. The number of rotatable bonds is 3. The Bertz CT molecular complexity index is 517. The molecule has 1 aliphatic heterocycles. The number of carboxylic acids is 1. The van der Waals surface area contributed by atoms with E-state index in [-0.39, 0.29) is 18.0 Å². The molecule has 7 heteroatoms. The first-order valence-electron chi connectivity index (χ1n) is 6.62. The molecule has 20 heavy (non-hydrogen) atoms. The second-order valence-electron chi connectivity index (χ2n) is 5.24. The largest absolute Gasteiger partial charge is 0.480 e. The van der Waals surface area contributed by atoms with Crippen molar-refractivity contribution < 1.29 is 14.7 Å². The van der Waals surface area contributed by atoms with E-state index >= 15 is 0 Å². The molecule has 3 atom stereocenters. The van der Waals surface area contributed by atoms with Crippen molar-refractivity contribution in [2.45, 2.75) is 39.3 Å². The van der Waals surface area contributed by atoms with Crippen LogP contribution in [0.2, 0.25) is 0 Å². The number of aryl methyl sites for hydroxylation is 1. The first-order chi connectivity index (χ1) is 9.40. The maximum Gasteiger partial charge on any atom is 0.326 e. The number of aliphatic carboxylic acids is 1. The molecule has 1 aromatic heterocycles. The zero-order chi connectivity index (χ0) is 14.9. The summed E-state index contributed by atoms with van der Waals surface area (Å²) < 4.78 is 0. The number of likely N-dealkylation sites (tertiary alicyclic amines) is 1. The van der Waals surface area contributed by atoms with Gasteiger partial charge < -0.3 is 15.3 Å². The number of carbonyl (C=O) groups excluding carboxylic acids is 1. The lowest BCUT2D eigenvalue weighted by atomic mass is 10.0. The summed E-state index contributed by atoms with van der Waals surface area (Å²) in [4.78, 5) is 29.2. The predicted molar refractivity (Wildman–Crippen MR) is 75.7 cm³/mol. The van der Waals surface area contributed by atoms with E-state index in [1.165, 1.54) is 16.2 Å². The summed E-state index contributed by atoms with van der Waals surface area (Å²) in [5.41, 5.74) is 0.921. The maximum atomic E-state index is 12.2. The van der Waals surface area contributed by atoms with E-state index < -0.39 is 12.0 Å². The Morgan fingerprint density at radius 2 is 2.30 bits per heavy atom. The van der Waals surface area contributed by atoms with Crippen LogP contribution in [0.5, 0.6) is 0 Å². The number of thiazole rings is 1. The minimum atomic E-state index is -0.942. The normalized spacial score (nSPS) is 23.6. The number of hydrogen-bond donors (Lipinski definition) is 2. The van der Waals surface area contributed by atoms with Crippen molar-refractivity contribution >= 4 is 23.3 Å². The summed E-state index contributed by atoms with van der Waals surface area (Å²) >= 11 is 1.49. The smallest absolute Gasteiger partial charge is 0.326 e. The molecular formula is C13H19N3O3S. The van der Waals surface area contributed by atoms with Crippen LogP contribution < -0.4 is 5.32 Å². The molecule has 1 fully saturated rings. The summed E-state index contributed by atoms with van der Waals surface area (Å²) in [7, 11) is 0. The van der Waals surface area contributed by atoms with Crippen molar-refractivity contribution in [2.75, 3.05) is 6.54 Å². The van der Waals surface area contributed by atoms with E-state index in [0.29, 0.717) is 6.54 Å². The van der Waals surface area contributed by atoms with Gasteiger partial charge in [-0.3, -0.25) is 0 Å². The van der Waals surface area contributed by atoms with Crippen molar-refractivity contribution in [3.8, 4) is 0 Å². The Labute approximate surface area is 121 Å². The minimum Gasteiger partial charge on any atom is -0.480 e. The molecule has 110 valence electrons. The van der Waals surface area contributed by atoms with Gasteiger partial charge in [-0.2, -0.15) is 0 Å². The topological polar surface area (TPSA) is 82.5 Å². The SMILES string of the molecule is Cc1csc(C(C)NC(=O)N2CCC(C)C2C(=O)O)n1. The molecule has 1 aromatic rings. The van der Waals surface area contributed by atoms with Gasteiger partial charge in [-0.25, -0.2) is 14.6 Å². The maximum absolute atomic E-state index is 12.2. The quantitative estimate of drug-likeness (QED) is 0.894. The van der Waals surface area contributed by atoms with E-state index in [0.717, 1.165) is 17.1 Å². The lowest BCUT2D eigenvalue weighted by molar-refractivity contribution is -0.142. The lowest BCUT2D eigenvalue weighted by Gasteiger charge is -2.25. The van der Waals surface area contributed by atoms with Gasteiger partial charge in [0.1, 0.15) is 11.0 Å². The monoisotopic (exact) mass is 297 g/mol. The van der Waals surface area contributed by atoms with Gasteiger partial charge >= 0.3 is 12.0 Å². The number of amides is 2. The van der Waals surface area contributed by atoms with Gasteiger partial charge in [-0.1, -0.05) is 6.92 Å². The van der Waals surface area contributed by atoms with Crippen molar-refractivity contribution in [1.29, 1.82) is 0 Å². The summed E-state index contributed by atoms with van der Waals surface area (Å²) in [6.07, 6.45) is 0.717. The van der Waals surface area contributed by atoms with Crippen LogP contribution in [-0.4, -0.2) is 39.6 Å². The second kappa shape index (κ2) is 5.78. The Balaban J connectivity index is 2.03. The van der Waals surface area contributed by atoms with Gasteiger partial charge in [0.25, 0.3) is 0 Å². The number of aromatic nitrogens is 1. The van der Waals surface area contributed by atoms with Gasteiger partial charge in [0.05, 0.1) is 6.04 Å². The summed E-state index contributed by atoms with van der Waals surface area (Å²) in [5.74, 6) is -0.960. The molecule has 1 aliphatic rings. The van der Waals surface area contributed by atoms with Crippen LogP contribution in [0.4, 0.5) is 4.79 Å². The van der Waals surface area contributed by atoms with Crippen LogP contribution in [0.1, 0.15) is 37.0 Å². The molecule has 2 N–H and O–H groups in total. The van der Waals surface area contributed by atoms with Crippen LogP contribution >= 0.6 is 11.3 Å². The molecule has 0 radical (unpaired) electrons. The van der Waals surface area contributed by atoms with Gasteiger partial charge in [0, 0.05) is 17.6 Å². The molecule has 3 unspecified atom stereocenters. The third-order valence-corrected chi connectivity index (χ3v) is 4.71. The van der Waals surface area contributed by atoms with Crippen molar-refractivity contribution in [1.82, 2.24) is 15.2 Å². The fourth-order valence-electron chi connectivity index (χ4n) is 2.45. The molecule has 0 spiro atoms. The highest BCUT2D eigenvalue weighted by Crippen LogP contribution is 2.25. The summed E-state index contributed by atoms with van der Waals surface area (Å²) in [6, 6.07) is -1.28. The highest BCUT2D eigenvalue weighted by Gasteiger charge is 2.39. The molecule has 1 saturated heterocycles. The molecule has 0 bridgehead atoms. The number of carbonyl (C=O) groups is 2. The third kappa shape index (κ3) is 2.92. The van der Waals surface area contributed by atoms with Crippen LogP contribution in [0, 0.1) is 12.8 Å². The fourth-order valence-corrected chi connectivity index (χ4v) is 3.26. The third-order valence-electron chi connectivity index (χ3n) is 3.56. The van der Waals surface area contributed by atoms with Crippen LogP contribution in [0.15, 0.2) is 5.38 Å². The van der Waals surface area contributed by atoms with Crippen molar-refractivity contribution in [2.24, 2.45) is 5.92 Å². The average molecular weight is 297 g/mol. The molecule has 0 saturated carbocycles. The van der Waals surface area contributed by atoms with Crippen LogP contribution in [0.25, 0.3) is 0 Å². The first kappa shape index (κ1) is 14.8. The van der Waals surface area contributed by atoms with Gasteiger partial charge in [-0.15, -0.1) is 11.3 Å². The van der Waals surface area contributed by atoms with Gasteiger partial charge in [0.15, 0.2) is 0 Å². The lowest BCUT2D eigenvalue weighted by Crippen LogP contribution is -2.48. The predicted octanol–water partition coefficient (Wildman–Crippen LogP) is 2.02. The zero-order valence-corrected chi connectivity index (χ0v) is 12.6. The Hall–Kier alpha value is -1.63. The molecule has 2 amide bonds. The molecular weight excluding hydrogens is 278 g/mol. The molecule has 2 rings (SSSR count). The molecule has 0 aromatic carbocycles. The van der Waals surface area contributed by atoms with Crippen LogP contribution in [-0.2, 0) is 4.79 Å². The standard InChI is InChI=1S/C13H19N3O3S/c1-7-4-5-16(10(7)12(17)18)13(19)15-9(3)11-14-8(2)6-20-11/h6-7,9-10H,4-5H2,1-3H3,(H,15,19)(H,17,18). The number of hydrogen-bond acceptors (Lipinski definition) is 4. The van der Waals surface area contributed by atoms with Crippen LogP contribution in [0.3, 0.4) is 0 Å². The van der Waals surface area contributed by atoms with Crippen molar-refractivity contribution in [3.63, 3.8) is 0 Å². The Morgan fingerprint density at radius 1 is 1.60 bits per heavy atom. The van der Waals surface area contributed by atoms with E-state index in [1.54, 1.807) is 0 Å². The van der Waals surface area contributed by atoms with E-state index in [9.17, 15) is 14.7 Å². The Morgan fingerprint density at radius 3 is 2.85 bits per heavy atom. The first-order valence-corrected chi connectivity index (χ1v) is 7.50. The summed E-state index contributed by atoms with van der Waals surface area (Å²) in [5, 5.41) is 14.8. The Kier molecular flexibility index (Phi) is 4.27. The number of nitrogens with one attached hydrogen (secondary N) is 1. The molecule has 2 heterocycles. The van der Waals surface area contributed by atoms with E-state index in [4.69, 9.17) is 0 Å². The number of nitrogens with zero attached hydrogens (tertiary/aromatic N) is 2. The zero-order valence-electron chi connectivity index (χ0n) is 11.8. The minimum absolute atomic E-state index is 0.0179. The summed E-state index contributed by atoms with van der Waals surface area (Å²) in [6.45, 7) is 6.09. The highest BCUT2D eigenvalue weighted by atomic mass is 32.1. The van der Waals surface area contributed by atoms with E-state index in [2.05, 4.69) is 10.3 Å². The van der Waals surface area contributed by atoms with Gasteiger partial charge in [0.2, 0.25) is 0 Å². The number of urea groups is 1. The van der Waals surface area contributed by atoms with E-state index in [1.807, 2.05) is 26.2 Å². The second-order valence-corrected chi connectivity index (χ2v) is 6.13. The molecule has 6 nitrogen and oxygen atoms in total. The molecule has 0 aliphatic carbocycles. The fraction of sp³-hybridized carbons (Fsp3) is 0.615. The highest BCUT2D eigenvalue weighted by molar-refractivity contribution is 7.09. The van der Waals surface area contributed by atoms with Gasteiger partial charge in [-0.05, 0) is 26.2 Å². The average Bonchev–Trinajstić information content (AvgIpc) is 2.95.